The van der Waals surface area contributed by atoms with Crippen LogP contribution in [0, 0.1) is 27.7 Å². The molecular weight excluding hydrogens is 392 g/mol. The molecule has 2 amide bonds. The number of aryl methyl sites for hydroxylation is 3. The predicted molar refractivity (Wildman–Crippen MR) is 121 cm³/mol. The first kappa shape index (κ1) is 22.7. The van der Waals surface area contributed by atoms with Crippen LogP contribution in [0.25, 0.3) is 0 Å². The zero-order valence-electron chi connectivity index (χ0n) is 18.9. The third kappa shape index (κ3) is 6.23. The van der Waals surface area contributed by atoms with Crippen LogP contribution in [0.1, 0.15) is 35.1 Å². The maximum absolute atomic E-state index is 12.5. The van der Waals surface area contributed by atoms with Gasteiger partial charge in [0.1, 0.15) is 11.5 Å². The van der Waals surface area contributed by atoms with Crippen LogP contribution in [0.2, 0.25) is 0 Å². The molecule has 2 aromatic rings. The lowest BCUT2D eigenvalue weighted by Crippen LogP contribution is -2.48. The third-order valence-electron chi connectivity index (χ3n) is 5.97. The van der Waals surface area contributed by atoms with E-state index < -0.39 is 0 Å². The van der Waals surface area contributed by atoms with Crippen LogP contribution in [-0.2, 0) is 9.59 Å². The number of amides is 2. The Morgan fingerprint density at radius 1 is 0.935 bits per heavy atom. The molecule has 3 rings (SSSR count). The van der Waals surface area contributed by atoms with E-state index in [0.29, 0.717) is 18.8 Å². The summed E-state index contributed by atoms with van der Waals surface area (Å²) >= 11 is 0. The summed E-state index contributed by atoms with van der Waals surface area (Å²) in [5.74, 6) is 1.28. The van der Waals surface area contributed by atoms with Crippen molar-refractivity contribution in [3.8, 4) is 11.5 Å². The van der Waals surface area contributed by atoms with Crippen molar-refractivity contribution in [2.24, 2.45) is 0 Å². The molecule has 31 heavy (non-hydrogen) atoms. The molecule has 6 nitrogen and oxygen atoms in total. The lowest BCUT2D eigenvalue weighted by Gasteiger charge is -2.32. The van der Waals surface area contributed by atoms with Gasteiger partial charge in [0.2, 0.25) is 0 Å². The number of likely N-dealkylation sites (tertiary alicyclic amines) is 1. The fourth-order valence-electron chi connectivity index (χ4n) is 3.61. The Labute approximate surface area is 184 Å². The molecule has 1 saturated heterocycles. The molecule has 2 aromatic carbocycles. The van der Waals surface area contributed by atoms with Crippen LogP contribution in [0.15, 0.2) is 36.4 Å². The normalized spacial score (nSPS) is 14.3. The second-order valence-corrected chi connectivity index (χ2v) is 8.24. The summed E-state index contributed by atoms with van der Waals surface area (Å²) in [7, 11) is 0. The molecule has 1 aliphatic heterocycles. The molecule has 0 spiro atoms. The van der Waals surface area contributed by atoms with Gasteiger partial charge in [-0.15, -0.1) is 0 Å². The Balaban J connectivity index is 1.38. The summed E-state index contributed by atoms with van der Waals surface area (Å²) in [6, 6.07) is 11.7. The Morgan fingerprint density at radius 2 is 1.68 bits per heavy atom. The molecule has 1 N–H and O–H groups in total. The highest BCUT2D eigenvalue weighted by atomic mass is 16.5. The quantitative estimate of drug-likeness (QED) is 0.739. The standard InChI is InChI=1S/C25H32N2O4/c1-17-8-9-22(14-19(17)3)30-16-25(29)27-12-10-21(11-13-27)26-24(28)15-31-23-7-5-6-18(2)20(23)4/h5-9,14,21H,10-13,15-16H2,1-4H3,(H,26,28). The Kier molecular flexibility index (Phi) is 7.55. The number of nitrogens with one attached hydrogen (secondary N) is 1. The molecule has 1 heterocycles. The molecule has 0 bridgehead atoms. The van der Waals surface area contributed by atoms with E-state index in [-0.39, 0.29) is 31.1 Å². The monoisotopic (exact) mass is 424 g/mol. The summed E-state index contributed by atoms with van der Waals surface area (Å²) in [4.78, 5) is 26.5. The van der Waals surface area contributed by atoms with Crippen LogP contribution in [-0.4, -0.2) is 49.1 Å². The van der Waals surface area contributed by atoms with Crippen LogP contribution in [0.5, 0.6) is 11.5 Å². The van der Waals surface area contributed by atoms with Crippen molar-refractivity contribution < 1.29 is 19.1 Å². The van der Waals surface area contributed by atoms with E-state index in [4.69, 9.17) is 9.47 Å². The number of piperidine rings is 1. The molecular formula is C25H32N2O4. The van der Waals surface area contributed by atoms with Gasteiger partial charge in [0.05, 0.1) is 0 Å². The molecule has 0 unspecified atom stereocenters. The van der Waals surface area contributed by atoms with Gasteiger partial charge in [-0.2, -0.15) is 0 Å². The van der Waals surface area contributed by atoms with Gasteiger partial charge in [0.25, 0.3) is 11.8 Å². The lowest BCUT2D eigenvalue weighted by molar-refractivity contribution is -0.134. The smallest absolute Gasteiger partial charge is 0.260 e. The minimum absolute atomic E-state index is 0.00670. The number of benzene rings is 2. The van der Waals surface area contributed by atoms with Gasteiger partial charge in [-0.3, -0.25) is 9.59 Å². The Morgan fingerprint density at radius 3 is 2.39 bits per heavy atom. The average Bonchev–Trinajstić information content (AvgIpc) is 2.76. The van der Waals surface area contributed by atoms with E-state index in [1.165, 1.54) is 5.56 Å². The van der Waals surface area contributed by atoms with Crippen LogP contribution in [0.4, 0.5) is 0 Å². The summed E-state index contributed by atoms with van der Waals surface area (Å²) in [5, 5.41) is 3.02. The molecule has 0 aliphatic carbocycles. The molecule has 1 fully saturated rings. The maximum atomic E-state index is 12.5. The molecule has 1 aliphatic rings. The van der Waals surface area contributed by atoms with Crippen LogP contribution < -0.4 is 14.8 Å². The zero-order valence-corrected chi connectivity index (χ0v) is 18.9. The van der Waals surface area contributed by atoms with E-state index in [9.17, 15) is 9.59 Å². The highest BCUT2D eigenvalue weighted by Gasteiger charge is 2.24. The molecule has 166 valence electrons. The topological polar surface area (TPSA) is 67.9 Å². The molecule has 0 atom stereocenters. The summed E-state index contributed by atoms with van der Waals surface area (Å²) in [5.41, 5.74) is 4.52. The van der Waals surface area contributed by atoms with Crippen molar-refractivity contribution >= 4 is 11.8 Å². The van der Waals surface area contributed by atoms with Gasteiger partial charge < -0.3 is 19.7 Å². The number of hydrogen-bond donors (Lipinski definition) is 1. The first-order valence-corrected chi connectivity index (χ1v) is 10.8. The minimum atomic E-state index is -0.135. The van der Waals surface area contributed by atoms with Gasteiger partial charge in [0.15, 0.2) is 13.2 Å². The fraction of sp³-hybridized carbons (Fsp3) is 0.440. The van der Waals surface area contributed by atoms with Crippen LogP contribution in [0.3, 0.4) is 0 Å². The Bertz CT molecular complexity index is 933. The maximum Gasteiger partial charge on any atom is 0.260 e. The second kappa shape index (κ2) is 10.3. The second-order valence-electron chi connectivity index (χ2n) is 8.24. The van der Waals surface area contributed by atoms with Gasteiger partial charge in [0, 0.05) is 19.1 Å². The fourth-order valence-corrected chi connectivity index (χ4v) is 3.61. The predicted octanol–water partition coefficient (Wildman–Crippen LogP) is 3.49. The highest BCUT2D eigenvalue weighted by molar-refractivity contribution is 5.79. The van der Waals surface area contributed by atoms with Crippen molar-refractivity contribution in [3.63, 3.8) is 0 Å². The van der Waals surface area contributed by atoms with Crippen molar-refractivity contribution in [3.05, 3.63) is 58.7 Å². The summed E-state index contributed by atoms with van der Waals surface area (Å²) in [6.45, 7) is 9.31. The van der Waals surface area contributed by atoms with E-state index in [2.05, 4.69) is 5.32 Å². The van der Waals surface area contributed by atoms with Gasteiger partial charge in [-0.1, -0.05) is 18.2 Å². The number of carbonyl (C=O) groups excluding carboxylic acids is 2. The van der Waals surface area contributed by atoms with Gasteiger partial charge >= 0.3 is 0 Å². The lowest BCUT2D eigenvalue weighted by atomic mass is 10.0. The largest absolute Gasteiger partial charge is 0.484 e. The van der Waals surface area contributed by atoms with E-state index >= 15 is 0 Å². The van der Waals surface area contributed by atoms with E-state index in [1.54, 1.807) is 4.90 Å². The van der Waals surface area contributed by atoms with Gasteiger partial charge in [-0.05, 0) is 81.0 Å². The number of ether oxygens (including phenoxy) is 2. The van der Waals surface area contributed by atoms with Crippen LogP contribution >= 0.6 is 0 Å². The first-order chi connectivity index (χ1) is 14.8. The van der Waals surface area contributed by atoms with Crippen molar-refractivity contribution in [2.75, 3.05) is 26.3 Å². The molecule has 0 radical (unpaired) electrons. The molecule has 0 saturated carbocycles. The van der Waals surface area contributed by atoms with E-state index in [0.717, 1.165) is 35.3 Å². The van der Waals surface area contributed by atoms with Crippen molar-refractivity contribution in [1.82, 2.24) is 10.2 Å². The SMILES string of the molecule is Cc1ccc(OCC(=O)N2CCC(NC(=O)COc3cccc(C)c3C)CC2)cc1C. The first-order valence-electron chi connectivity index (χ1n) is 10.8. The molecule has 6 heteroatoms. The highest BCUT2D eigenvalue weighted by Crippen LogP contribution is 2.20. The summed E-state index contributed by atoms with van der Waals surface area (Å²) in [6.07, 6.45) is 1.45. The van der Waals surface area contributed by atoms with E-state index in [1.807, 2.05) is 64.1 Å². The van der Waals surface area contributed by atoms with Crippen molar-refractivity contribution in [2.45, 2.75) is 46.6 Å². The third-order valence-corrected chi connectivity index (χ3v) is 5.97. The summed E-state index contributed by atoms with van der Waals surface area (Å²) < 4.78 is 11.3. The van der Waals surface area contributed by atoms with Gasteiger partial charge in [-0.25, -0.2) is 0 Å². The number of carbonyl (C=O) groups is 2. The average molecular weight is 425 g/mol. The van der Waals surface area contributed by atoms with Crippen molar-refractivity contribution in [1.29, 1.82) is 0 Å². The number of rotatable bonds is 7. The molecule has 0 aromatic heterocycles. The number of hydrogen-bond acceptors (Lipinski definition) is 4. The Hall–Kier alpha value is -3.02. The number of nitrogens with zero attached hydrogens (tertiary/aromatic N) is 1. The minimum Gasteiger partial charge on any atom is -0.484 e. The zero-order chi connectivity index (χ0) is 22.4.